The van der Waals surface area contributed by atoms with Gasteiger partial charge in [-0.3, -0.25) is 9.78 Å². The van der Waals surface area contributed by atoms with Gasteiger partial charge < -0.3 is 14.7 Å². The van der Waals surface area contributed by atoms with Crippen LogP contribution in [0.1, 0.15) is 23.2 Å². The van der Waals surface area contributed by atoms with Crippen molar-refractivity contribution in [1.29, 1.82) is 0 Å². The highest BCUT2D eigenvalue weighted by atomic mass is 16.5. The van der Waals surface area contributed by atoms with Gasteiger partial charge in [0.1, 0.15) is 5.52 Å². The van der Waals surface area contributed by atoms with Crippen molar-refractivity contribution in [3.8, 4) is 5.75 Å². The predicted octanol–water partition coefficient (Wildman–Crippen LogP) is 2.19. The van der Waals surface area contributed by atoms with Crippen molar-refractivity contribution in [2.75, 3.05) is 20.3 Å². The lowest BCUT2D eigenvalue weighted by molar-refractivity contribution is 0.0361. The summed E-state index contributed by atoms with van der Waals surface area (Å²) in [7, 11) is 1.78. The number of phenols is 1. The Labute approximate surface area is 123 Å². The van der Waals surface area contributed by atoms with Gasteiger partial charge in [-0.2, -0.15) is 0 Å². The second-order valence-electron chi connectivity index (χ2n) is 5.30. The SMILES string of the molecule is CN(C(=O)c1ccc2cccnc2c1O)C1CCOCC1. The highest BCUT2D eigenvalue weighted by molar-refractivity contribution is 6.02. The quantitative estimate of drug-likeness (QED) is 0.919. The van der Waals surface area contributed by atoms with E-state index in [0.29, 0.717) is 24.3 Å². The van der Waals surface area contributed by atoms with Crippen LogP contribution in [0.25, 0.3) is 10.9 Å². The minimum atomic E-state index is -0.174. The van der Waals surface area contributed by atoms with Crippen LogP contribution in [0.15, 0.2) is 30.5 Å². The number of rotatable bonds is 2. The summed E-state index contributed by atoms with van der Waals surface area (Å²) in [4.78, 5) is 18.5. The molecule has 1 aliphatic heterocycles. The van der Waals surface area contributed by atoms with Crippen LogP contribution in [0.5, 0.6) is 5.75 Å². The van der Waals surface area contributed by atoms with Crippen LogP contribution in [0.4, 0.5) is 0 Å². The van der Waals surface area contributed by atoms with Crippen LogP contribution in [-0.2, 0) is 4.74 Å². The van der Waals surface area contributed by atoms with E-state index in [2.05, 4.69) is 4.98 Å². The zero-order valence-electron chi connectivity index (χ0n) is 12.0. The second kappa shape index (κ2) is 5.69. The van der Waals surface area contributed by atoms with E-state index in [-0.39, 0.29) is 17.7 Å². The molecule has 21 heavy (non-hydrogen) atoms. The average molecular weight is 286 g/mol. The normalized spacial score (nSPS) is 16.0. The molecule has 5 heteroatoms. The van der Waals surface area contributed by atoms with Crippen molar-refractivity contribution in [1.82, 2.24) is 9.88 Å². The molecule has 0 atom stereocenters. The third-order valence-corrected chi connectivity index (χ3v) is 4.04. The molecular weight excluding hydrogens is 268 g/mol. The number of fused-ring (bicyclic) bond motifs is 1. The van der Waals surface area contributed by atoms with Gasteiger partial charge in [-0.15, -0.1) is 0 Å². The molecule has 1 fully saturated rings. The van der Waals surface area contributed by atoms with E-state index in [9.17, 15) is 9.90 Å². The number of ether oxygens (including phenoxy) is 1. The van der Waals surface area contributed by atoms with E-state index in [1.165, 1.54) is 0 Å². The molecule has 0 saturated carbocycles. The fourth-order valence-corrected chi connectivity index (χ4v) is 2.73. The molecule has 0 radical (unpaired) electrons. The molecular formula is C16H18N2O3. The number of amides is 1. The Hall–Kier alpha value is -2.14. The maximum absolute atomic E-state index is 12.6. The predicted molar refractivity (Wildman–Crippen MR) is 79.3 cm³/mol. The largest absolute Gasteiger partial charge is 0.505 e. The van der Waals surface area contributed by atoms with Crippen molar-refractivity contribution in [3.63, 3.8) is 0 Å². The van der Waals surface area contributed by atoms with Crippen molar-refractivity contribution in [3.05, 3.63) is 36.0 Å². The Morgan fingerprint density at radius 2 is 2.10 bits per heavy atom. The topological polar surface area (TPSA) is 62.7 Å². The van der Waals surface area contributed by atoms with E-state index in [1.807, 2.05) is 12.1 Å². The number of nitrogens with zero attached hydrogens (tertiary/aromatic N) is 2. The van der Waals surface area contributed by atoms with Crippen molar-refractivity contribution >= 4 is 16.8 Å². The number of aromatic nitrogens is 1. The molecule has 1 N–H and O–H groups in total. The fraction of sp³-hybridized carbons (Fsp3) is 0.375. The van der Waals surface area contributed by atoms with Gasteiger partial charge in [-0.05, 0) is 25.0 Å². The molecule has 110 valence electrons. The van der Waals surface area contributed by atoms with Crippen LogP contribution in [0.3, 0.4) is 0 Å². The Bertz CT molecular complexity index is 666. The monoisotopic (exact) mass is 286 g/mol. The van der Waals surface area contributed by atoms with E-state index in [4.69, 9.17) is 4.74 Å². The first-order valence-corrected chi connectivity index (χ1v) is 7.10. The minimum absolute atomic E-state index is 0.0444. The van der Waals surface area contributed by atoms with Gasteiger partial charge in [0.25, 0.3) is 5.91 Å². The molecule has 1 aliphatic rings. The van der Waals surface area contributed by atoms with Crippen LogP contribution < -0.4 is 0 Å². The molecule has 5 nitrogen and oxygen atoms in total. The number of carbonyl (C=O) groups excluding carboxylic acids is 1. The third kappa shape index (κ3) is 2.56. The van der Waals surface area contributed by atoms with E-state index < -0.39 is 0 Å². The Kier molecular flexibility index (Phi) is 3.75. The standard InChI is InChI=1S/C16H18N2O3/c1-18(12-6-9-21-10-7-12)16(20)13-5-4-11-3-2-8-17-14(11)15(13)19/h2-5,8,12,19H,6-7,9-10H2,1H3. The van der Waals surface area contributed by atoms with Crippen molar-refractivity contribution < 1.29 is 14.6 Å². The zero-order valence-corrected chi connectivity index (χ0v) is 12.0. The summed E-state index contributed by atoms with van der Waals surface area (Å²) in [6.07, 6.45) is 3.27. The van der Waals surface area contributed by atoms with Gasteiger partial charge in [0.2, 0.25) is 0 Å². The van der Waals surface area contributed by atoms with Crippen LogP contribution in [0, 0.1) is 0 Å². The average Bonchev–Trinajstić information content (AvgIpc) is 2.55. The van der Waals surface area contributed by atoms with Crippen molar-refractivity contribution in [2.45, 2.75) is 18.9 Å². The van der Waals surface area contributed by atoms with Gasteiger partial charge >= 0.3 is 0 Å². The van der Waals surface area contributed by atoms with Crippen LogP contribution >= 0.6 is 0 Å². The highest BCUT2D eigenvalue weighted by Crippen LogP contribution is 2.28. The first-order valence-electron chi connectivity index (χ1n) is 7.10. The summed E-state index contributed by atoms with van der Waals surface area (Å²) in [6, 6.07) is 7.30. The molecule has 0 aliphatic carbocycles. The smallest absolute Gasteiger partial charge is 0.257 e. The number of aromatic hydroxyl groups is 1. The van der Waals surface area contributed by atoms with Gasteiger partial charge in [0.15, 0.2) is 5.75 Å². The molecule has 2 aromatic rings. The van der Waals surface area contributed by atoms with Crippen LogP contribution in [-0.4, -0.2) is 47.2 Å². The third-order valence-electron chi connectivity index (χ3n) is 4.04. The second-order valence-corrected chi connectivity index (χ2v) is 5.30. The molecule has 1 saturated heterocycles. The van der Waals surface area contributed by atoms with E-state index in [1.54, 1.807) is 30.3 Å². The molecule has 0 unspecified atom stereocenters. The molecule has 0 bridgehead atoms. The van der Waals surface area contributed by atoms with Gasteiger partial charge in [-0.1, -0.05) is 12.1 Å². The number of hydrogen-bond donors (Lipinski definition) is 1. The minimum Gasteiger partial charge on any atom is -0.505 e. The summed E-state index contributed by atoms with van der Waals surface area (Å²) in [6.45, 7) is 1.35. The number of pyridine rings is 1. The lowest BCUT2D eigenvalue weighted by Gasteiger charge is -2.31. The molecule has 3 rings (SSSR count). The first-order chi connectivity index (χ1) is 10.2. The number of phenolic OH excluding ortho intramolecular Hbond substituents is 1. The maximum atomic E-state index is 12.6. The summed E-state index contributed by atoms with van der Waals surface area (Å²) >= 11 is 0. The maximum Gasteiger partial charge on any atom is 0.257 e. The Morgan fingerprint density at radius 1 is 1.33 bits per heavy atom. The van der Waals surface area contributed by atoms with Crippen LogP contribution in [0.2, 0.25) is 0 Å². The molecule has 1 aromatic heterocycles. The Morgan fingerprint density at radius 3 is 2.86 bits per heavy atom. The summed E-state index contributed by atoms with van der Waals surface area (Å²) in [5.74, 6) is -0.219. The van der Waals surface area contributed by atoms with Gasteiger partial charge in [0, 0.05) is 37.9 Å². The molecule has 1 aromatic carbocycles. The molecule has 0 spiro atoms. The zero-order chi connectivity index (χ0) is 14.8. The number of benzene rings is 1. The van der Waals surface area contributed by atoms with Crippen molar-refractivity contribution in [2.24, 2.45) is 0 Å². The lowest BCUT2D eigenvalue weighted by Crippen LogP contribution is -2.40. The number of hydrogen-bond acceptors (Lipinski definition) is 4. The van der Waals surface area contributed by atoms with Gasteiger partial charge in [0.05, 0.1) is 5.56 Å². The van der Waals surface area contributed by atoms with E-state index in [0.717, 1.165) is 18.2 Å². The lowest BCUT2D eigenvalue weighted by atomic mass is 10.0. The fourth-order valence-electron chi connectivity index (χ4n) is 2.73. The summed E-state index contributed by atoms with van der Waals surface area (Å²) in [5.41, 5.74) is 0.763. The Balaban J connectivity index is 1.92. The summed E-state index contributed by atoms with van der Waals surface area (Å²) in [5, 5.41) is 11.2. The number of carbonyl (C=O) groups is 1. The van der Waals surface area contributed by atoms with Gasteiger partial charge in [-0.25, -0.2) is 0 Å². The molecule has 1 amide bonds. The highest BCUT2D eigenvalue weighted by Gasteiger charge is 2.25. The summed E-state index contributed by atoms with van der Waals surface area (Å²) < 4.78 is 5.32. The molecule has 2 heterocycles. The first kappa shape index (κ1) is 13.8. The van der Waals surface area contributed by atoms with E-state index >= 15 is 0 Å².